The molecule has 1 saturated heterocycles. The molecule has 2 rings (SSSR count). The number of nitrogens with one attached hydrogen (secondary N) is 1. The lowest BCUT2D eigenvalue weighted by molar-refractivity contribution is 0.399. The minimum Gasteiger partial charge on any atom is -0.314 e. The Labute approximate surface area is 115 Å². The summed E-state index contributed by atoms with van der Waals surface area (Å²) in [5.74, 6) is 0. The molecule has 1 aromatic carbocycles. The molecule has 1 atom stereocenters. The Kier molecular flexibility index (Phi) is 4.47. The molecule has 0 amide bonds. The van der Waals surface area contributed by atoms with Gasteiger partial charge in [0.25, 0.3) is 0 Å². The Morgan fingerprint density at radius 2 is 2.16 bits per heavy atom. The summed E-state index contributed by atoms with van der Waals surface area (Å²) in [6.45, 7) is 1.09. The van der Waals surface area contributed by atoms with Crippen LogP contribution in [0.1, 0.15) is 24.8 Å². The van der Waals surface area contributed by atoms with Gasteiger partial charge in [-0.25, -0.2) is 8.42 Å². The van der Waals surface area contributed by atoms with Crippen molar-refractivity contribution < 1.29 is 8.42 Å². The molecule has 1 unspecified atom stereocenters. The average Bonchev–Trinajstić information content (AvgIpc) is 2.38. The van der Waals surface area contributed by atoms with Gasteiger partial charge in [-0.1, -0.05) is 18.6 Å². The third-order valence-electron chi connectivity index (χ3n) is 3.67. The molecule has 0 saturated carbocycles. The predicted molar refractivity (Wildman–Crippen MR) is 79.0 cm³/mol. The number of rotatable bonds is 4. The number of anilines is 1. The summed E-state index contributed by atoms with van der Waals surface area (Å²) in [6, 6.07) is 8.31. The topological polar surface area (TPSA) is 49.4 Å². The number of sulfonamides is 1. The Hall–Kier alpha value is -1.07. The van der Waals surface area contributed by atoms with Crippen molar-refractivity contribution in [2.24, 2.45) is 0 Å². The molecule has 0 bridgehead atoms. The maximum Gasteiger partial charge on any atom is 0.231 e. The standard InChI is InChI=1S/C14H22N2O2S/c1-16(19(2,17)18)14-8-5-6-12(11-14)10-13-7-3-4-9-15-13/h5-6,8,11,13,15H,3-4,7,9-10H2,1-2H3. The summed E-state index contributed by atoms with van der Waals surface area (Å²) in [6.07, 6.45) is 5.92. The maximum atomic E-state index is 11.5. The van der Waals surface area contributed by atoms with Gasteiger partial charge in [-0.3, -0.25) is 4.31 Å². The molecule has 0 aliphatic carbocycles. The molecule has 1 fully saturated rings. The second kappa shape index (κ2) is 5.92. The van der Waals surface area contributed by atoms with Gasteiger partial charge in [0.05, 0.1) is 11.9 Å². The molecule has 5 heteroatoms. The van der Waals surface area contributed by atoms with E-state index in [0.29, 0.717) is 6.04 Å². The van der Waals surface area contributed by atoms with Gasteiger partial charge in [-0.15, -0.1) is 0 Å². The van der Waals surface area contributed by atoms with E-state index in [4.69, 9.17) is 0 Å². The first kappa shape index (κ1) is 14.3. The van der Waals surface area contributed by atoms with Crippen molar-refractivity contribution in [2.45, 2.75) is 31.7 Å². The first-order valence-electron chi connectivity index (χ1n) is 6.73. The molecule has 1 N–H and O–H groups in total. The molecule has 1 aliphatic rings. The van der Waals surface area contributed by atoms with E-state index in [-0.39, 0.29) is 0 Å². The Morgan fingerprint density at radius 3 is 2.79 bits per heavy atom. The summed E-state index contributed by atoms with van der Waals surface area (Å²) < 4.78 is 24.4. The Morgan fingerprint density at radius 1 is 1.37 bits per heavy atom. The molecule has 0 radical (unpaired) electrons. The molecule has 4 nitrogen and oxygen atoms in total. The SMILES string of the molecule is CN(c1cccc(CC2CCCCN2)c1)S(C)(=O)=O. The van der Waals surface area contributed by atoms with Gasteiger partial charge in [-0.05, 0) is 43.5 Å². The monoisotopic (exact) mass is 282 g/mol. The van der Waals surface area contributed by atoms with Crippen molar-refractivity contribution in [3.05, 3.63) is 29.8 Å². The lowest BCUT2D eigenvalue weighted by Gasteiger charge is -2.24. The molecule has 1 heterocycles. The van der Waals surface area contributed by atoms with Crippen LogP contribution in [0, 0.1) is 0 Å². The van der Waals surface area contributed by atoms with Crippen molar-refractivity contribution in [3.63, 3.8) is 0 Å². The molecular weight excluding hydrogens is 260 g/mol. The van der Waals surface area contributed by atoms with E-state index in [1.165, 1.54) is 35.4 Å². The minimum atomic E-state index is -3.19. The lowest BCUT2D eigenvalue weighted by atomic mass is 9.97. The number of hydrogen-bond acceptors (Lipinski definition) is 3. The number of nitrogens with zero attached hydrogens (tertiary/aromatic N) is 1. The fourth-order valence-corrected chi connectivity index (χ4v) is 2.95. The zero-order valence-corrected chi connectivity index (χ0v) is 12.4. The van der Waals surface area contributed by atoms with Crippen LogP contribution in [-0.2, 0) is 16.4 Å². The van der Waals surface area contributed by atoms with Crippen LogP contribution in [-0.4, -0.2) is 34.3 Å². The predicted octanol–water partition coefficient (Wildman–Crippen LogP) is 1.77. The number of benzene rings is 1. The summed E-state index contributed by atoms with van der Waals surface area (Å²) in [7, 11) is -1.60. The quantitative estimate of drug-likeness (QED) is 0.915. The summed E-state index contributed by atoms with van der Waals surface area (Å²) in [4.78, 5) is 0. The largest absolute Gasteiger partial charge is 0.314 e. The van der Waals surface area contributed by atoms with Gasteiger partial charge in [0.1, 0.15) is 0 Å². The van der Waals surface area contributed by atoms with Crippen LogP contribution in [0.2, 0.25) is 0 Å². The maximum absolute atomic E-state index is 11.5. The van der Waals surface area contributed by atoms with E-state index in [1.807, 2.05) is 18.2 Å². The van der Waals surface area contributed by atoms with Crippen molar-refractivity contribution in [1.82, 2.24) is 5.32 Å². The van der Waals surface area contributed by atoms with Gasteiger partial charge in [-0.2, -0.15) is 0 Å². The van der Waals surface area contributed by atoms with Crippen molar-refractivity contribution in [1.29, 1.82) is 0 Å². The van der Waals surface area contributed by atoms with Crippen molar-refractivity contribution >= 4 is 15.7 Å². The summed E-state index contributed by atoms with van der Waals surface area (Å²) >= 11 is 0. The molecule has 0 aromatic heterocycles. The van der Waals surface area contributed by atoms with Gasteiger partial charge in [0.15, 0.2) is 0 Å². The first-order valence-corrected chi connectivity index (χ1v) is 8.58. The van der Waals surface area contributed by atoms with E-state index in [1.54, 1.807) is 7.05 Å². The molecule has 1 aliphatic heterocycles. The molecular formula is C14H22N2O2S. The van der Waals surface area contributed by atoms with E-state index in [0.717, 1.165) is 18.7 Å². The van der Waals surface area contributed by atoms with Crippen molar-refractivity contribution in [3.8, 4) is 0 Å². The van der Waals surface area contributed by atoms with Crippen LogP contribution < -0.4 is 9.62 Å². The second-order valence-electron chi connectivity index (χ2n) is 5.25. The van der Waals surface area contributed by atoms with Crippen LogP contribution in [0.25, 0.3) is 0 Å². The van der Waals surface area contributed by atoms with Crippen LogP contribution in [0.4, 0.5) is 5.69 Å². The lowest BCUT2D eigenvalue weighted by Crippen LogP contribution is -2.35. The smallest absolute Gasteiger partial charge is 0.231 e. The van der Waals surface area contributed by atoms with Gasteiger partial charge in [0, 0.05) is 13.1 Å². The van der Waals surface area contributed by atoms with Crippen LogP contribution in [0.3, 0.4) is 0 Å². The summed E-state index contributed by atoms with van der Waals surface area (Å²) in [5.41, 5.74) is 1.92. The molecule has 106 valence electrons. The Bertz CT molecular complexity index is 522. The van der Waals surface area contributed by atoms with Crippen LogP contribution in [0.5, 0.6) is 0 Å². The third kappa shape index (κ3) is 3.94. The molecule has 19 heavy (non-hydrogen) atoms. The summed E-state index contributed by atoms with van der Waals surface area (Å²) in [5, 5.41) is 3.51. The normalized spacial score (nSPS) is 20.2. The van der Waals surface area contributed by atoms with Gasteiger partial charge in [0.2, 0.25) is 10.0 Å². The zero-order chi connectivity index (χ0) is 13.9. The van der Waals surface area contributed by atoms with E-state index in [9.17, 15) is 8.42 Å². The highest BCUT2D eigenvalue weighted by Crippen LogP contribution is 2.20. The highest BCUT2D eigenvalue weighted by Gasteiger charge is 2.15. The Balaban J connectivity index is 2.10. The number of hydrogen-bond donors (Lipinski definition) is 1. The highest BCUT2D eigenvalue weighted by atomic mass is 32.2. The zero-order valence-electron chi connectivity index (χ0n) is 11.6. The van der Waals surface area contributed by atoms with Crippen LogP contribution >= 0.6 is 0 Å². The fraction of sp³-hybridized carbons (Fsp3) is 0.571. The average molecular weight is 282 g/mol. The minimum absolute atomic E-state index is 0.521. The van der Waals surface area contributed by atoms with E-state index in [2.05, 4.69) is 11.4 Å². The van der Waals surface area contributed by atoms with Gasteiger partial charge < -0.3 is 5.32 Å². The second-order valence-corrected chi connectivity index (χ2v) is 7.27. The first-order chi connectivity index (χ1) is 8.97. The van der Waals surface area contributed by atoms with E-state index < -0.39 is 10.0 Å². The molecule has 1 aromatic rings. The van der Waals surface area contributed by atoms with Crippen molar-refractivity contribution in [2.75, 3.05) is 24.2 Å². The van der Waals surface area contributed by atoms with Crippen LogP contribution in [0.15, 0.2) is 24.3 Å². The molecule has 0 spiro atoms. The highest BCUT2D eigenvalue weighted by molar-refractivity contribution is 7.92. The van der Waals surface area contributed by atoms with Gasteiger partial charge >= 0.3 is 0 Å². The number of piperidine rings is 1. The fourth-order valence-electron chi connectivity index (χ4n) is 2.45. The van der Waals surface area contributed by atoms with E-state index >= 15 is 0 Å². The third-order valence-corrected chi connectivity index (χ3v) is 4.87.